The second-order valence-corrected chi connectivity index (χ2v) is 27.8. The number of nitrogens with one attached hydrogen (secondary N) is 1. The number of carbonyl (C=O) groups excluding carboxylic acids is 2. The van der Waals surface area contributed by atoms with Crippen LogP contribution in [0.5, 0.6) is 0 Å². The maximum atomic E-state index is 13.0. The van der Waals surface area contributed by atoms with Crippen LogP contribution in [0, 0.1) is 0 Å². The minimum Gasteiger partial charge on any atom is -0.466 e. The van der Waals surface area contributed by atoms with Gasteiger partial charge in [0.1, 0.15) is 24.4 Å². The molecule has 11 nitrogen and oxygen atoms in total. The SMILES string of the molecule is CCCCCCCCCC/C=C/C(O)C(COC1OC(CO)C(O)C(O)C1O)NC(=O)CCCCCCCCCCCCCCCCCCC/C=C\CCCCCCCCCCCCCCOC(=O)CCCCCCCCCCCCCCCCCCCCC. The summed E-state index contributed by atoms with van der Waals surface area (Å²) in [6.45, 7) is 4.38. The van der Waals surface area contributed by atoms with E-state index in [-0.39, 0.29) is 18.5 Å². The van der Waals surface area contributed by atoms with Crippen LogP contribution < -0.4 is 5.32 Å². The lowest BCUT2D eigenvalue weighted by atomic mass is 9.99. The van der Waals surface area contributed by atoms with Crippen molar-refractivity contribution in [1.82, 2.24) is 5.32 Å². The average molecular weight is 1280 g/mol. The van der Waals surface area contributed by atoms with Crippen LogP contribution in [0.1, 0.15) is 406 Å². The zero-order valence-electron chi connectivity index (χ0n) is 59.4. The zero-order valence-corrected chi connectivity index (χ0v) is 59.4. The molecule has 11 heteroatoms. The van der Waals surface area contributed by atoms with Crippen molar-refractivity contribution in [1.29, 1.82) is 0 Å². The molecule has 1 fully saturated rings. The number of unbranched alkanes of at least 4 members (excludes halogenated alkanes) is 55. The van der Waals surface area contributed by atoms with Crippen LogP contribution in [-0.2, 0) is 23.8 Å². The van der Waals surface area contributed by atoms with E-state index < -0.39 is 49.5 Å². The van der Waals surface area contributed by atoms with Crippen molar-refractivity contribution in [2.75, 3.05) is 19.8 Å². The van der Waals surface area contributed by atoms with E-state index in [0.717, 1.165) is 51.4 Å². The minimum absolute atomic E-state index is 0.0171. The summed E-state index contributed by atoms with van der Waals surface area (Å²) in [6, 6.07) is -0.806. The van der Waals surface area contributed by atoms with Gasteiger partial charge in [-0.15, -0.1) is 0 Å². The molecule has 7 unspecified atom stereocenters. The van der Waals surface area contributed by atoms with Crippen molar-refractivity contribution in [2.45, 2.75) is 448 Å². The molecular weight excluding hydrogens is 1120 g/mol. The number of aliphatic hydroxyl groups excluding tert-OH is 5. The van der Waals surface area contributed by atoms with Gasteiger partial charge in [0, 0.05) is 12.8 Å². The monoisotopic (exact) mass is 1270 g/mol. The second kappa shape index (κ2) is 68.5. The number of rotatable bonds is 71. The first-order valence-electron chi connectivity index (χ1n) is 39.6. The molecule has 1 amide bonds. The molecule has 0 aliphatic carbocycles. The standard InChI is InChI=1S/C79H151NO10/c1-3-5-7-9-11-13-15-16-17-18-34-38-41-44-47-51-55-59-63-67-75(84)88-68-64-60-56-52-48-45-42-39-36-33-31-29-27-25-23-21-19-20-22-24-26-28-30-32-35-37-40-43-46-50-54-58-62-66-74(83)80-71(70-89-79-78(87)77(86)76(85)73(69-81)90-79)72(82)65-61-57-53-49-14-12-10-8-6-4-2/h23,25,61,65,71-73,76-79,81-82,85-87H,3-22,24,26-60,62-64,66-70H2,1-2H3,(H,80,83)/b25-23-,65-61+. The molecule has 0 bridgehead atoms. The van der Waals surface area contributed by atoms with E-state index in [1.165, 1.54) is 327 Å². The van der Waals surface area contributed by atoms with Gasteiger partial charge in [-0.3, -0.25) is 9.59 Å². The highest BCUT2D eigenvalue weighted by atomic mass is 16.7. The number of carbonyl (C=O) groups is 2. The number of hydrogen-bond acceptors (Lipinski definition) is 10. The fourth-order valence-electron chi connectivity index (χ4n) is 12.8. The van der Waals surface area contributed by atoms with Crippen LogP contribution in [0.2, 0.25) is 0 Å². The molecule has 6 N–H and O–H groups in total. The van der Waals surface area contributed by atoms with E-state index in [2.05, 4.69) is 31.3 Å². The number of esters is 1. The Morgan fingerprint density at radius 3 is 1.07 bits per heavy atom. The van der Waals surface area contributed by atoms with Crippen molar-refractivity contribution in [2.24, 2.45) is 0 Å². The lowest BCUT2D eigenvalue weighted by Crippen LogP contribution is -2.60. The number of aliphatic hydroxyl groups is 5. The van der Waals surface area contributed by atoms with E-state index in [0.29, 0.717) is 19.4 Å². The molecule has 0 saturated carbocycles. The molecule has 7 atom stereocenters. The van der Waals surface area contributed by atoms with Crippen molar-refractivity contribution in [3.05, 3.63) is 24.3 Å². The first-order chi connectivity index (χ1) is 44.2. The van der Waals surface area contributed by atoms with Crippen LogP contribution in [0.15, 0.2) is 24.3 Å². The number of amides is 1. The van der Waals surface area contributed by atoms with Gasteiger partial charge in [0.15, 0.2) is 6.29 Å². The summed E-state index contributed by atoms with van der Waals surface area (Å²) >= 11 is 0. The Morgan fingerprint density at radius 2 is 0.711 bits per heavy atom. The van der Waals surface area contributed by atoms with Gasteiger partial charge in [-0.2, -0.15) is 0 Å². The van der Waals surface area contributed by atoms with Crippen LogP contribution in [0.4, 0.5) is 0 Å². The summed E-state index contributed by atoms with van der Waals surface area (Å²) in [4.78, 5) is 25.2. The molecular formula is C79H151NO10. The van der Waals surface area contributed by atoms with Gasteiger partial charge in [0.2, 0.25) is 5.91 Å². The van der Waals surface area contributed by atoms with Gasteiger partial charge in [-0.25, -0.2) is 0 Å². The number of hydrogen-bond donors (Lipinski definition) is 6. The van der Waals surface area contributed by atoms with Crippen molar-refractivity contribution in [3.8, 4) is 0 Å². The molecule has 0 aromatic carbocycles. The topological polar surface area (TPSA) is 175 Å². The quantitative estimate of drug-likeness (QED) is 0.0195. The van der Waals surface area contributed by atoms with Crippen LogP contribution in [0.3, 0.4) is 0 Å². The predicted octanol–water partition coefficient (Wildman–Crippen LogP) is 21.1. The minimum atomic E-state index is -1.57. The summed E-state index contributed by atoms with van der Waals surface area (Å²) in [5.74, 6) is -0.161. The molecule has 90 heavy (non-hydrogen) atoms. The third-order valence-electron chi connectivity index (χ3n) is 19.1. The molecule has 0 aromatic rings. The van der Waals surface area contributed by atoms with Gasteiger partial charge in [-0.1, -0.05) is 359 Å². The normalized spacial score (nSPS) is 17.7. The van der Waals surface area contributed by atoms with E-state index in [9.17, 15) is 35.1 Å². The molecule has 1 rings (SSSR count). The molecule has 0 aromatic heterocycles. The summed E-state index contributed by atoms with van der Waals surface area (Å²) < 4.78 is 16.8. The Hall–Kier alpha value is -1.86. The van der Waals surface area contributed by atoms with Gasteiger partial charge in [0.25, 0.3) is 0 Å². The first kappa shape index (κ1) is 86.2. The van der Waals surface area contributed by atoms with E-state index in [1.807, 2.05) is 6.08 Å². The van der Waals surface area contributed by atoms with Gasteiger partial charge in [-0.05, 0) is 57.8 Å². The maximum Gasteiger partial charge on any atom is 0.305 e. The highest BCUT2D eigenvalue weighted by Gasteiger charge is 2.44. The van der Waals surface area contributed by atoms with Gasteiger partial charge in [0.05, 0.1) is 32.0 Å². The van der Waals surface area contributed by atoms with Crippen LogP contribution >= 0.6 is 0 Å². The summed E-state index contributed by atoms with van der Waals surface area (Å²) in [5.41, 5.74) is 0. The summed E-state index contributed by atoms with van der Waals surface area (Å²) in [7, 11) is 0. The van der Waals surface area contributed by atoms with E-state index in [4.69, 9.17) is 14.2 Å². The fraction of sp³-hybridized carbons (Fsp3) is 0.924. The molecule has 1 heterocycles. The van der Waals surface area contributed by atoms with Gasteiger partial charge < -0.3 is 45.1 Å². The van der Waals surface area contributed by atoms with Gasteiger partial charge >= 0.3 is 5.97 Å². The summed E-state index contributed by atoms with van der Waals surface area (Å²) in [5, 5.41) is 54.4. The number of allylic oxidation sites excluding steroid dienone is 3. The highest BCUT2D eigenvalue weighted by molar-refractivity contribution is 5.76. The smallest absolute Gasteiger partial charge is 0.305 e. The Morgan fingerprint density at radius 1 is 0.400 bits per heavy atom. The third kappa shape index (κ3) is 56.5. The second-order valence-electron chi connectivity index (χ2n) is 27.8. The molecule has 1 aliphatic rings. The maximum absolute atomic E-state index is 13.0. The van der Waals surface area contributed by atoms with Crippen molar-refractivity contribution in [3.63, 3.8) is 0 Å². The van der Waals surface area contributed by atoms with E-state index in [1.54, 1.807) is 6.08 Å². The highest BCUT2D eigenvalue weighted by Crippen LogP contribution is 2.24. The van der Waals surface area contributed by atoms with Crippen LogP contribution in [0.25, 0.3) is 0 Å². The fourth-order valence-corrected chi connectivity index (χ4v) is 12.8. The Labute approximate surface area is 556 Å². The Bertz CT molecular complexity index is 1540. The first-order valence-corrected chi connectivity index (χ1v) is 39.6. The van der Waals surface area contributed by atoms with E-state index >= 15 is 0 Å². The lowest BCUT2D eigenvalue weighted by Gasteiger charge is -2.40. The third-order valence-corrected chi connectivity index (χ3v) is 19.1. The molecule has 1 saturated heterocycles. The lowest BCUT2D eigenvalue weighted by molar-refractivity contribution is -0.302. The molecule has 1 aliphatic heterocycles. The summed E-state index contributed by atoms with van der Waals surface area (Å²) in [6.07, 6.45) is 77.9. The van der Waals surface area contributed by atoms with Crippen LogP contribution in [-0.4, -0.2) is 100 Å². The average Bonchev–Trinajstić information content (AvgIpc) is 2.62. The Balaban J connectivity index is 1.87. The Kier molecular flexibility index (Phi) is 65.6. The molecule has 0 radical (unpaired) electrons. The molecule has 532 valence electrons. The van der Waals surface area contributed by atoms with Crippen molar-refractivity contribution < 1.29 is 49.3 Å². The predicted molar refractivity (Wildman–Crippen MR) is 380 cm³/mol. The largest absolute Gasteiger partial charge is 0.466 e. The molecule has 0 spiro atoms. The number of ether oxygens (including phenoxy) is 3. The van der Waals surface area contributed by atoms with Crippen molar-refractivity contribution >= 4 is 11.9 Å². The zero-order chi connectivity index (χ0) is 65.1.